The Kier molecular flexibility index (Phi) is 9.32. The molecule has 1 heterocycles. The summed E-state index contributed by atoms with van der Waals surface area (Å²) in [6.45, 7) is 5.32. The quantitative estimate of drug-likeness (QED) is 0.270. The van der Waals surface area contributed by atoms with Crippen molar-refractivity contribution in [2.45, 2.75) is 50.8 Å². The van der Waals surface area contributed by atoms with Crippen LogP contribution in [0, 0.1) is 5.92 Å². The van der Waals surface area contributed by atoms with Gasteiger partial charge in [0.05, 0.1) is 12.5 Å². The lowest BCUT2D eigenvalue weighted by Crippen LogP contribution is -2.20. The fourth-order valence-electron chi connectivity index (χ4n) is 2.98. The van der Waals surface area contributed by atoms with E-state index in [1.54, 1.807) is 17.8 Å². The summed E-state index contributed by atoms with van der Waals surface area (Å²) in [7, 11) is 2.05. The van der Waals surface area contributed by atoms with Gasteiger partial charge in [0.15, 0.2) is 0 Å². The first kappa shape index (κ1) is 22.8. The van der Waals surface area contributed by atoms with Crippen LogP contribution >= 0.6 is 23.1 Å². The first-order valence-corrected chi connectivity index (χ1v) is 12.0. The molecule has 0 fully saturated rings. The highest BCUT2D eigenvalue weighted by Gasteiger charge is 2.11. The number of rotatable bonds is 11. The van der Waals surface area contributed by atoms with Gasteiger partial charge in [0.1, 0.15) is 0 Å². The van der Waals surface area contributed by atoms with E-state index in [2.05, 4.69) is 30.1 Å². The van der Waals surface area contributed by atoms with E-state index in [9.17, 15) is 9.59 Å². The zero-order valence-corrected chi connectivity index (χ0v) is 19.0. The molecule has 0 aliphatic rings. The van der Waals surface area contributed by atoms with Crippen LogP contribution in [0.2, 0.25) is 0 Å². The van der Waals surface area contributed by atoms with Gasteiger partial charge >= 0.3 is 5.97 Å². The van der Waals surface area contributed by atoms with Gasteiger partial charge in [-0.1, -0.05) is 37.7 Å². The molecule has 2 rings (SSSR count). The van der Waals surface area contributed by atoms with Crippen LogP contribution in [0.25, 0.3) is 10.1 Å². The van der Waals surface area contributed by atoms with Crippen molar-refractivity contribution in [3.05, 3.63) is 33.8 Å². The Labute approximate surface area is 176 Å². The summed E-state index contributed by atoms with van der Waals surface area (Å²) in [4.78, 5) is 27.1. The van der Waals surface area contributed by atoms with Crippen LogP contribution in [0.15, 0.2) is 34.0 Å². The molecule has 0 amide bonds. The van der Waals surface area contributed by atoms with Gasteiger partial charge < -0.3 is 9.64 Å². The summed E-state index contributed by atoms with van der Waals surface area (Å²) in [5, 5.41) is 1.14. The molecular weight excluding hydrogens is 390 g/mol. The molecule has 1 atom stereocenters. The smallest absolute Gasteiger partial charge is 0.308 e. The molecule has 0 aliphatic heterocycles. The van der Waals surface area contributed by atoms with Crippen LogP contribution in [-0.4, -0.2) is 32.4 Å². The SMILES string of the molecule is CCC(C)C(=O)OCCCCCCN(C)c1cc(=O)sc2cc(SC)ccc12. The molecule has 1 aromatic heterocycles. The number of benzene rings is 1. The maximum absolute atomic E-state index is 12.1. The molecular formula is C22H31NO3S2. The number of hydrogen-bond donors (Lipinski definition) is 0. The Morgan fingerprint density at radius 1 is 1.21 bits per heavy atom. The Morgan fingerprint density at radius 2 is 1.96 bits per heavy atom. The topological polar surface area (TPSA) is 46.6 Å². The van der Waals surface area contributed by atoms with Crippen LogP contribution in [0.4, 0.5) is 5.69 Å². The van der Waals surface area contributed by atoms with E-state index in [4.69, 9.17) is 4.74 Å². The van der Waals surface area contributed by atoms with Crippen molar-refractivity contribution in [3.63, 3.8) is 0 Å². The first-order valence-electron chi connectivity index (χ1n) is 9.96. The summed E-state index contributed by atoms with van der Waals surface area (Å²) in [6, 6.07) is 8.08. The number of unbranched alkanes of at least 4 members (excludes halogenated alkanes) is 3. The van der Waals surface area contributed by atoms with Crippen molar-refractivity contribution in [2.75, 3.05) is 31.4 Å². The minimum atomic E-state index is -0.0858. The number of thioether (sulfide) groups is 1. The monoisotopic (exact) mass is 421 g/mol. The molecule has 0 aliphatic carbocycles. The van der Waals surface area contributed by atoms with Crippen molar-refractivity contribution in [2.24, 2.45) is 5.92 Å². The first-order chi connectivity index (χ1) is 13.5. The number of esters is 1. The molecule has 0 spiro atoms. The molecule has 0 radical (unpaired) electrons. The van der Waals surface area contributed by atoms with E-state index < -0.39 is 0 Å². The lowest BCUT2D eigenvalue weighted by Gasteiger charge is -2.21. The van der Waals surface area contributed by atoms with Gasteiger partial charge in [-0.25, -0.2) is 0 Å². The number of anilines is 1. The fraction of sp³-hybridized carbons (Fsp3) is 0.545. The van der Waals surface area contributed by atoms with Gasteiger partial charge in [0.2, 0.25) is 4.74 Å². The normalized spacial score (nSPS) is 12.1. The van der Waals surface area contributed by atoms with Gasteiger partial charge in [0.25, 0.3) is 0 Å². The summed E-state index contributed by atoms with van der Waals surface area (Å²) < 4.78 is 6.43. The zero-order valence-electron chi connectivity index (χ0n) is 17.3. The van der Waals surface area contributed by atoms with Gasteiger partial charge in [-0.3, -0.25) is 9.59 Å². The fourth-order valence-corrected chi connectivity index (χ4v) is 4.35. The van der Waals surface area contributed by atoms with E-state index in [-0.39, 0.29) is 16.6 Å². The molecule has 1 aromatic carbocycles. The van der Waals surface area contributed by atoms with Crippen molar-refractivity contribution >= 4 is 44.8 Å². The molecule has 2 aromatic rings. The number of carbonyl (C=O) groups is 1. The minimum Gasteiger partial charge on any atom is -0.465 e. The second-order valence-electron chi connectivity index (χ2n) is 7.13. The molecule has 1 unspecified atom stereocenters. The lowest BCUT2D eigenvalue weighted by molar-refractivity contribution is -0.148. The third-order valence-corrected chi connectivity index (χ3v) is 6.59. The molecule has 154 valence electrons. The molecule has 28 heavy (non-hydrogen) atoms. The molecule has 6 heteroatoms. The maximum Gasteiger partial charge on any atom is 0.308 e. The van der Waals surface area contributed by atoms with E-state index in [1.165, 1.54) is 16.2 Å². The third-order valence-electron chi connectivity index (χ3n) is 4.99. The van der Waals surface area contributed by atoms with Crippen LogP contribution in [0.1, 0.15) is 46.0 Å². The molecule has 0 bridgehead atoms. The number of nitrogens with zero attached hydrogens (tertiary/aromatic N) is 1. The van der Waals surface area contributed by atoms with Crippen LogP contribution < -0.4 is 9.64 Å². The average molecular weight is 422 g/mol. The zero-order chi connectivity index (χ0) is 20.5. The Bertz CT molecular complexity index is 834. The van der Waals surface area contributed by atoms with Gasteiger partial charge in [0, 0.05) is 40.3 Å². The summed E-state index contributed by atoms with van der Waals surface area (Å²) >= 11 is 3.00. The van der Waals surface area contributed by atoms with Crippen molar-refractivity contribution < 1.29 is 9.53 Å². The van der Waals surface area contributed by atoms with Gasteiger partial charge in [-0.2, -0.15) is 0 Å². The van der Waals surface area contributed by atoms with Crippen LogP contribution in [0.3, 0.4) is 0 Å². The molecule has 0 saturated heterocycles. The predicted octanol–water partition coefficient (Wildman–Crippen LogP) is 5.57. The van der Waals surface area contributed by atoms with Crippen molar-refractivity contribution in [1.82, 2.24) is 0 Å². The Morgan fingerprint density at radius 3 is 2.68 bits per heavy atom. The van der Waals surface area contributed by atoms with Crippen LogP contribution in [-0.2, 0) is 9.53 Å². The van der Waals surface area contributed by atoms with Gasteiger partial charge in [-0.15, -0.1) is 11.8 Å². The number of carbonyl (C=O) groups excluding carboxylic acids is 1. The standard InChI is InChI=1S/C22H31NO3S2/c1-5-16(2)22(25)26-13-9-7-6-8-12-23(3)19-15-21(24)28-20-14-17(27-4)10-11-18(19)20/h10-11,14-16H,5-9,12-13H2,1-4H3. The highest BCUT2D eigenvalue weighted by atomic mass is 32.2. The lowest BCUT2D eigenvalue weighted by atomic mass is 10.1. The molecule has 0 N–H and O–H groups in total. The third kappa shape index (κ3) is 6.52. The predicted molar refractivity (Wildman–Crippen MR) is 122 cm³/mol. The van der Waals surface area contributed by atoms with E-state index in [0.717, 1.165) is 54.4 Å². The molecule has 4 nitrogen and oxygen atoms in total. The van der Waals surface area contributed by atoms with Crippen LogP contribution in [0.5, 0.6) is 0 Å². The second-order valence-corrected chi connectivity index (χ2v) is 9.05. The summed E-state index contributed by atoms with van der Waals surface area (Å²) in [5.41, 5.74) is 1.01. The number of hydrogen-bond acceptors (Lipinski definition) is 6. The average Bonchev–Trinajstić information content (AvgIpc) is 2.70. The summed E-state index contributed by atoms with van der Waals surface area (Å²) in [5.74, 6) is -0.0922. The van der Waals surface area contributed by atoms with E-state index >= 15 is 0 Å². The van der Waals surface area contributed by atoms with E-state index in [0.29, 0.717) is 6.61 Å². The Hall–Kier alpha value is -1.53. The second kappa shape index (κ2) is 11.5. The van der Waals surface area contributed by atoms with Crippen molar-refractivity contribution in [1.29, 1.82) is 0 Å². The summed E-state index contributed by atoms with van der Waals surface area (Å²) in [6.07, 6.45) is 6.95. The number of ether oxygens (including phenoxy) is 1. The largest absolute Gasteiger partial charge is 0.465 e. The highest BCUT2D eigenvalue weighted by Crippen LogP contribution is 2.30. The minimum absolute atomic E-state index is 0.00633. The van der Waals surface area contributed by atoms with Crippen molar-refractivity contribution in [3.8, 4) is 0 Å². The molecule has 0 saturated carbocycles. The Balaban J connectivity index is 1.81. The highest BCUT2D eigenvalue weighted by molar-refractivity contribution is 7.98. The van der Waals surface area contributed by atoms with E-state index in [1.807, 2.05) is 20.1 Å². The maximum atomic E-state index is 12.1. The number of fused-ring (bicyclic) bond motifs is 1. The van der Waals surface area contributed by atoms with Gasteiger partial charge in [-0.05, 0) is 44.1 Å².